The minimum Gasteiger partial charge on any atom is -0.459 e. The fourth-order valence-corrected chi connectivity index (χ4v) is 3.07. The molecule has 142 valence electrons. The van der Waals surface area contributed by atoms with Crippen LogP contribution in [0, 0.1) is 5.92 Å². The Morgan fingerprint density at radius 2 is 1.85 bits per heavy atom. The third kappa shape index (κ3) is 5.20. The molecular formula is C20H23N3O4. The second-order valence-corrected chi connectivity index (χ2v) is 6.50. The van der Waals surface area contributed by atoms with Crippen molar-refractivity contribution < 1.29 is 18.8 Å². The third-order valence-corrected chi connectivity index (χ3v) is 4.55. The monoisotopic (exact) mass is 369 g/mol. The maximum atomic E-state index is 12.3. The van der Waals surface area contributed by atoms with Crippen molar-refractivity contribution in [2.24, 2.45) is 5.92 Å². The molecule has 0 radical (unpaired) electrons. The zero-order valence-corrected chi connectivity index (χ0v) is 15.0. The Bertz CT molecular complexity index is 774. The van der Waals surface area contributed by atoms with Crippen molar-refractivity contribution in [2.45, 2.75) is 12.8 Å². The molecule has 1 fully saturated rings. The highest BCUT2D eigenvalue weighted by Crippen LogP contribution is 2.18. The minimum atomic E-state index is -0.339. The first-order valence-corrected chi connectivity index (χ1v) is 9.04. The molecule has 3 rings (SSSR count). The van der Waals surface area contributed by atoms with Crippen molar-refractivity contribution in [3.63, 3.8) is 0 Å². The summed E-state index contributed by atoms with van der Waals surface area (Å²) >= 11 is 0. The fraction of sp³-hybridized carbons (Fsp3) is 0.350. The van der Waals surface area contributed by atoms with E-state index in [1.54, 1.807) is 17.0 Å². The molecule has 7 heteroatoms. The number of benzene rings is 1. The van der Waals surface area contributed by atoms with Gasteiger partial charge in [-0.2, -0.15) is 0 Å². The molecule has 1 aromatic heterocycles. The number of furan rings is 1. The zero-order valence-electron chi connectivity index (χ0n) is 15.0. The van der Waals surface area contributed by atoms with E-state index < -0.39 is 0 Å². The van der Waals surface area contributed by atoms with Crippen LogP contribution in [0.3, 0.4) is 0 Å². The van der Waals surface area contributed by atoms with Crippen LogP contribution in [-0.2, 0) is 16.0 Å². The van der Waals surface area contributed by atoms with Crippen molar-refractivity contribution in [3.05, 3.63) is 60.1 Å². The zero-order chi connectivity index (χ0) is 19.1. The predicted octanol–water partition coefficient (Wildman–Crippen LogP) is 1.22. The second kappa shape index (κ2) is 9.02. The molecule has 0 saturated carbocycles. The number of likely N-dealkylation sites (tertiary alicyclic amines) is 1. The minimum absolute atomic E-state index is 0.0113. The van der Waals surface area contributed by atoms with Crippen LogP contribution in [-0.4, -0.2) is 48.8 Å². The highest BCUT2D eigenvalue weighted by Gasteiger charge is 2.33. The van der Waals surface area contributed by atoms with E-state index in [9.17, 15) is 14.4 Å². The van der Waals surface area contributed by atoms with Gasteiger partial charge in [0.25, 0.3) is 5.91 Å². The number of nitrogens with zero attached hydrogens (tertiary/aromatic N) is 1. The Labute approximate surface area is 157 Å². The molecule has 2 heterocycles. The summed E-state index contributed by atoms with van der Waals surface area (Å²) in [5.41, 5.74) is 1.17. The first-order valence-electron chi connectivity index (χ1n) is 9.04. The summed E-state index contributed by atoms with van der Waals surface area (Å²) in [5, 5.41) is 5.44. The summed E-state index contributed by atoms with van der Waals surface area (Å²) in [6.45, 7) is 1.66. The summed E-state index contributed by atoms with van der Waals surface area (Å²) in [6, 6.07) is 13.2. The van der Waals surface area contributed by atoms with Crippen LogP contribution in [0.25, 0.3) is 0 Å². The molecule has 0 aliphatic carbocycles. The first kappa shape index (κ1) is 18.7. The van der Waals surface area contributed by atoms with E-state index >= 15 is 0 Å². The summed E-state index contributed by atoms with van der Waals surface area (Å²) in [6.07, 6.45) is 2.44. The molecule has 2 aromatic rings. The lowest BCUT2D eigenvalue weighted by atomic mass is 10.1. The van der Waals surface area contributed by atoms with Gasteiger partial charge in [-0.25, -0.2) is 0 Å². The van der Waals surface area contributed by atoms with Crippen LogP contribution in [0.2, 0.25) is 0 Å². The van der Waals surface area contributed by atoms with Crippen LogP contribution in [0.5, 0.6) is 0 Å². The van der Waals surface area contributed by atoms with Crippen molar-refractivity contribution in [2.75, 3.05) is 26.2 Å². The van der Waals surface area contributed by atoms with Crippen molar-refractivity contribution in [1.82, 2.24) is 15.5 Å². The molecule has 1 unspecified atom stereocenters. The predicted molar refractivity (Wildman–Crippen MR) is 98.9 cm³/mol. The number of carbonyl (C=O) groups is 3. The number of nitrogens with one attached hydrogen (secondary N) is 2. The molecule has 7 nitrogen and oxygen atoms in total. The fourth-order valence-electron chi connectivity index (χ4n) is 3.07. The number of carbonyl (C=O) groups excluding carboxylic acids is 3. The maximum Gasteiger partial charge on any atom is 0.287 e. The highest BCUT2D eigenvalue weighted by molar-refractivity contribution is 5.91. The van der Waals surface area contributed by atoms with E-state index in [2.05, 4.69) is 10.6 Å². The molecule has 2 N–H and O–H groups in total. The standard InChI is InChI=1S/C20H23N3O4/c24-18-13-16(14-23(18)11-8-15-5-2-1-3-6-15)19(25)21-9-10-22-20(26)17-7-4-12-27-17/h1-7,12,16H,8-11,13-14H2,(H,21,25)(H,22,26). The molecule has 3 amide bonds. The van der Waals surface area contributed by atoms with Crippen LogP contribution < -0.4 is 10.6 Å². The lowest BCUT2D eigenvalue weighted by molar-refractivity contribution is -0.129. The van der Waals surface area contributed by atoms with Gasteiger partial charge in [0.15, 0.2) is 5.76 Å². The SMILES string of the molecule is O=C(NCCNC(=O)C1CC(=O)N(CCc2ccccc2)C1)c1ccco1. The van der Waals surface area contributed by atoms with Gasteiger partial charge in [-0.05, 0) is 24.1 Å². The van der Waals surface area contributed by atoms with Gasteiger partial charge in [0.2, 0.25) is 11.8 Å². The van der Waals surface area contributed by atoms with Gasteiger partial charge in [0.05, 0.1) is 12.2 Å². The Morgan fingerprint density at radius 1 is 1.07 bits per heavy atom. The summed E-state index contributed by atoms with van der Waals surface area (Å²) < 4.78 is 4.99. The smallest absolute Gasteiger partial charge is 0.287 e. The van der Waals surface area contributed by atoms with Crippen LogP contribution in [0.1, 0.15) is 22.5 Å². The van der Waals surface area contributed by atoms with Crippen LogP contribution in [0.4, 0.5) is 0 Å². The Kier molecular flexibility index (Phi) is 6.25. The van der Waals surface area contributed by atoms with Gasteiger partial charge in [0, 0.05) is 32.6 Å². The van der Waals surface area contributed by atoms with Crippen LogP contribution >= 0.6 is 0 Å². The summed E-state index contributed by atoms with van der Waals surface area (Å²) in [7, 11) is 0. The Morgan fingerprint density at radius 3 is 2.59 bits per heavy atom. The van der Waals surface area contributed by atoms with Gasteiger partial charge < -0.3 is 20.0 Å². The van der Waals surface area contributed by atoms with Gasteiger partial charge in [-0.3, -0.25) is 14.4 Å². The molecule has 1 saturated heterocycles. The molecular weight excluding hydrogens is 346 g/mol. The number of rotatable bonds is 8. The van der Waals surface area contributed by atoms with E-state index in [0.29, 0.717) is 26.2 Å². The maximum absolute atomic E-state index is 12.3. The van der Waals surface area contributed by atoms with Gasteiger partial charge in [-0.15, -0.1) is 0 Å². The normalized spacial score (nSPS) is 16.4. The van der Waals surface area contributed by atoms with E-state index in [1.165, 1.54) is 11.8 Å². The van der Waals surface area contributed by atoms with Gasteiger partial charge in [-0.1, -0.05) is 30.3 Å². The number of amides is 3. The molecule has 0 spiro atoms. The average molecular weight is 369 g/mol. The molecule has 1 atom stereocenters. The largest absolute Gasteiger partial charge is 0.459 e. The highest BCUT2D eigenvalue weighted by atomic mass is 16.3. The molecule has 1 aromatic carbocycles. The quantitative estimate of drug-likeness (QED) is 0.685. The summed E-state index contributed by atoms with van der Waals surface area (Å²) in [4.78, 5) is 37.9. The lowest BCUT2D eigenvalue weighted by Crippen LogP contribution is -2.38. The van der Waals surface area contributed by atoms with Crippen molar-refractivity contribution >= 4 is 17.7 Å². The van der Waals surface area contributed by atoms with E-state index in [-0.39, 0.29) is 35.8 Å². The molecule has 0 bridgehead atoms. The topological polar surface area (TPSA) is 91.7 Å². The summed E-state index contributed by atoms with van der Waals surface area (Å²) in [5.74, 6) is -0.571. The van der Waals surface area contributed by atoms with Gasteiger partial charge in [0.1, 0.15) is 0 Å². The first-order chi connectivity index (χ1) is 13.1. The van der Waals surface area contributed by atoms with Crippen molar-refractivity contribution in [3.8, 4) is 0 Å². The second-order valence-electron chi connectivity index (χ2n) is 6.50. The molecule has 1 aliphatic rings. The Hall–Kier alpha value is -3.09. The third-order valence-electron chi connectivity index (χ3n) is 4.55. The molecule has 1 aliphatic heterocycles. The van der Waals surface area contributed by atoms with E-state index in [0.717, 1.165) is 6.42 Å². The number of hydrogen-bond donors (Lipinski definition) is 2. The lowest BCUT2D eigenvalue weighted by Gasteiger charge is -2.16. The average Bonchev–Trinajstić information content (AvgIpc) is 3.34. The Balaban J connectivity index is 1.36. The number of hydrogen-bond acceptors (Lipinski definition) is 4. The van der Waals surface area contributed by atoms with Crippen LogP contribution in [0.15, 0.2) is 53.1 Å². The van der Waals surface area contributed by atoms with Crippen molar-refractivity contribution in [1.29, 1.82) is 0 Å². The van der Waals surface area contributed by atoms with E-state index in [4.69, 9.17) is 4.42 Å². The van der Waals surface area contributed by atoms with E-state index in [1.807, 2.05) is 30.3 Å². The molecule has 27 heavy (non-hydrogen) atoms. The van der Waals surface area contributed by atoms with Gasteiger partial charge >= 0.3 is 0 Å².